The first-order valence-corrected chi connectivity index (χ1v) is 7.85. The van der Waals surface area contributed by atoms with Gasteiger partial charge in [0.2, 0.25) is 0 Å². The molecule has 0 saturated carbocycles. The molecule has 1 atom stereocenters. The summed E-state index contributed by atoms with van der Waals surface area (Å²) in [4.78, 5) is 22.1. The van der Waals surface area contributed by atoms with E-state index in [0.29, 0.717) is 25.3 Å². The Balaban J connectivity index is 2.26. The highest BCUT2D eigenvalue weighted by molar-refractivity contribution is 7.84. The summed E-state index contributed by atoms with van der Waals surface area (Å²) in [6.07, 6.45) is 2.30. The molecular formula is C13H18N2O4S. The van der Waals surface area contributed by atoms with Gasteiger partial charge in [-0.05, 0) is 24.1 Å². The van der Waals surface area contributed by atoms with Crippen LogP contribution in [-0.2, 0) is 17.3 Å². The molecule has 6 nitrogen and oxygen atoms in total. The van der Waals surface area contributed by atoms with Crippen LogP contribution in [0.4, 0.5) is 4.79 Å². The van der Waals surface area contributed by atoms with Crippen LogP contribution in [0.5, 0.6) is 0 Å². The Bertz CT molecular complexity index is 488. The van der Waals surface area contributed by atoms with Crippen molar-refractivity contribution in [3.8, 4) is 0 Å². The van der Waals surface area contributed by atoms with Crippen LogP contribution in [0.1, 0.15) is 22.3 Å². The van der Waals surface area contributed by atoms with E-state index in [4.69, 9.17) is 5.11 Å². The van der Waals surface area contributed by atoms with Crippen LogP contribution < -0.4 is 10.6 Å². The van der Waals surface area contributed by atoms with Gasteiger partial charge in [-0.2, -0.15) is 0 Å². The maximum absolute atomic E-state index is 11.4. The van der Waals surface area contributed by atoms with Crippen LogP contribution >= 0.6 is 0 Å². The molecule has 0 aliphatic carbocycles. The second kappa shape index (κ2) is 8.31. The zero-order valence-corrected chi connectivity index (χ0v) is 12.0. The van der Waals surface area contributed by atoms with Gasteiger partial charge in [-0.3, -0.25) is 4.21 Å². The molecule has 0 heterocycles. The number of hydrogen-bond donors (Lipinski definition) is 3. The second-order valence-electron chi connectivity index (χ2n) is 4.24. The molecule has 1 aromatic rings. The predicted molar refractivity (Wildman–Crippen MR) is 77.2 cm³/mol. The number of urea groups is 1. The lowest BCUT2D eigenvalue weighted by Gasteiger charge is -2.07. The van der Waals surface area contributed by atoms with E-state index in [-0.39, 0.29) is 11.6 Å². The Labute approximate surface area is 120 Å². The highest BCUT2D eigenvalue weighted by atomic mass is 32.2. The van der Waals surface area contributed by atoms with Gasteiger partial charge < -0.3 is 15.7 Å². The van der Waals surface area contributed by atoms with Crippen LogP contribution in [0.3, 0.4) is 0 Å². The van der Waals surface area contributed by atoms with Crippen LogP contribution in [0.25, 0.3) is 0 Å². The van der Waals surface area contributed by atoms with Crippen LogP contribution in [0.2, 0.25) is 0 Å². The molecule has 0 aliphatic heterocycles. The van der Waals surface area contributed by atoms with Crippen molar-refractivity contribution in [3.63, 3.8) is 0 Å². The second-order valence-corrected chi connectivity index (χ2v) is 5.80. The number of carbonyl (C=O) groups is 2. The Morgan fingerprint density at radius 3 is 2.40 bits per heavy atom. The van der Waals surface area contributed by atoms with Crippen molar-refractivity contribution in [2.24, 2.45) is 0 Å². The predicted octanol–water partition coefficient (Wildman–Crippen LogP) is 0.953. The lowest BCUT2D eigenvalue weighted by Crippen LogP contribution is -2.35. The van der Waals surface area contributed by atoms with Crippen molar-refractivity contribution in [1.82, 2.24) is 10.6 Å². The highest BCUT2D eigenvalue weighted by Gasteiger charge is 2.03. The van der Waals surface area contributed by atoms with Crippen molar-refractivity contribution in [2.75, 3.05) is 18.6 Å². The standard InChI is InChI=1S/C13H18N2O4S/c1-20(19)8-2-7-14-13(18)15-9-10-3-5-11(6-4-10)12(16)17/h3-6H,2,7-9H2,1H3,(H,16,17)(H2,14,15,18). The lowest BCUT2D eigenvalue weighted by molar-refractivity contribution is 0.0697. The third kappa shape index (κ3) is 6.33. The van der Waals surface area contributed by atoms with Gasteiger partial charge in [-0.15, -0.1) is 0 Å². The maximum Gasteiger partial charge on any atom is 0.335 e. The summed E-state index contributed by atoms with van der Waals surface area (Å²) in [5.74, 6) is -0.410. The van der Waals surface area contributed by atoms with Gasteiger partial charge in [-0.25, -0.2) is 9.59 Å². The number of amides is 2. The summed E-state index contributed by atoms with van der Waals surface area (Å²) >= 11 is 0. The number of benzene rings is 1. The molecular weight excluding hydrogens is 280 g/mol. The minimum atomic E-state index is -0.976. The largest absolute Gasteiger partial charge is 0.478 e. The molecule has 0 spiro atoms. The fourth-order valence-corrected chi connectivity index (χ4v) is 2.04. The molecule has 1 rings (SSSR count). The molecule has 0 aliphatic rings. The topological polar surface area (TPSA) is 95.5 Å². The van der Waals surface area contributed by atoms with Crippen molar-refractivity contribution in [2.45, 2.75) is 13.0 Å². The first-order chi connectivity index (χ1) is 9.49. The van der Waals surface area contributed by atoms with Crippen LogP contribution in [-0.4, -0.2) is 39.9 Å². The highest BCUT2D eigenvalue weighted by Crippen LogP contribution is 2.03. The van der Waals surface area contributed by atoms with E-state index < -0.39 is 16.8 Å². The molecule has 0 fully saturated rings. The third-order valence-corrected chi connectivity index (χ3v) is 3.41. The van der Waals surface area contributed by atoms with Crippen LogP contribution in [0, 0.1) is 0 Å². The van der Waals surface area contributed by atoms with E-state index in [1.807, 2.05) is 0 Å². The molecule has 0 bridgehead atoms. The summed E-state index contributed by atoms with van der Waals surface area (Å²) in [5.41, 5.74) is 1.03. The number of hydrogen-bond acceptors (Lipinski definition) is 3. The zero-order chi connectivity index (χ0) is 15.0. The number of carboxylic acid groups (broad SMARTS) is 1. The average molecular weight is 298 g/mol. The van der Waals surface area contributed by atoms with Crippen molar-refractivity contribution < 1.29 is 18.9 Å². The maximum atomic E-state index is 11.4. The summed E-state index contributed by atoms with van der Waals surface area (Å²) in [5, 5.41) is 14.1. The Kier molecular flexibility index (Phi) is 6.72. The van der Waals surface area contributed by atoms with Gasteiger partial charge in [0.25, 0.3) is 0 Å². The monoisotopic (exact) mass is 298 g/mol. The van der Waals surface area contributed by atoms with Gasteiger partial charge in [-0.1, -0.05) is 12.1 Å². The quantitative estimate of drug-likeness (QED) is 0.653. The number of carbonyl (C=O) groups excluding carboxylic acids is 1. The SMILES string of the molecule is CS(=O)CCCNC(=O)NCc1ccc(C(=O)O)cc1. The third-order valence-electron chi connectivity index (χ3n) is 2.55. The van der Waals surface area contributed by atoms with E-state index >= 15 is 0 Å². The van der Waals surface area contributed by atoms with Gasteiger partial charge in [0, 0.05) is 35.9 Å². The first-order valence-electron chi connectivity index (χ1n) is 6.13. The van der Waals surface area contributed by atoms with E-state index in [2.05, 4.69) is 10.6 Å². The molecule has 7 heteroatoms. The van der Waals surface area contributed by atoms with E-state index in [1.165, 1.54) is 12.1 Å². The molecule has 3 N–H and O–H groups in total. The minimum Gasteiger partial charge on any atom is -0.478 e. The minimum absolute atomic E-state index is 0.214. The number of rotatable bonds is 7. The molecule has 110 valence electrons. The Hall–Kier alpha value is -1.89. The van der Waals surface area contributed by atoms with Crippen LogP contribution in [0.15, 0.2) is 24.3 Å². The fourth-order valence-electron chi connectivity index (χ4n) is 1.49. The first kappa shape index (κ1) is 16.2. The van der Waals surface area contributed by atoms with E-state index in [0.717, 1.165) is 5.56 Å². The summed E-state index contributed by atoms with van der Waals surface area (Å²) in [6.45, 7) is 0.800. The van der Waals surface area contributed by atoms with Crippen molar-refractivity contribution in [1.29, 1.82) is 0 Å². The fraction of sp³-hybridized carbons (Fsp3) is 0.385. The van der Waals surface area contributed by atoms with Gasteiger partial charge >= 0.3 is 12.0 Å². The zero-order valence-electron chi connectivity index (χ0n) is 11.2. The summed E-state index contributed by atoms with van der Waals surface area (Å²) in [7, 11) is -0.840. The van der Waals surface area contributed by atoms with E-state index in [9.17, 15) is 13.8 Å². The number of nitrogens with one attached hydrogen (secondary N) is 2. The van der Waals surface area contributed by atoms with Crippen molar-refractivity contribution >= 4 is 22.8 Å². The smallest absolute Gasteiger partial charge is 0.335 e. The lowest BCUT2D eigenvalue weighted by atomic mass is 10.1. The molecule has 2 amide bonds. The normalized spacial score (nSPS) is 11.7. The number of carboxylic acids is 1. The average Bonchev–Trinajstić information content (AvgIpc) is 2.41. The molecule has 0 radical (unpaired) electrons. The van der Waals surface area contributed by atoms with Gasteiger partial charge in [0.1, 0.15) is 0 Å². The van der Waals surface area contributed by atoms with Crippen molar-refractivity contribution in [3.05, 3.63) is 35.4 Å². The molecule has 1 unspecified atom stereocenters. The summed E-state index contributed by atoms with van der Waals surface area (Å²) in [6, 6.07) is 6.00. The van der Waals surface area contributed by atoms with Gasteiger partial charge in [0.15, 0.2) is 0 Å². The molecule has 0 saturated heterocycles. The van der Waals surface area contributed by atoms with E-state index in [1.54, 1.807) is 18.4 Å². The number of aromatic carboxylic acids is 1. The molecule has 0 aromatic heterocycles. The summed E-state index contributed by atoms with van der Waals surface area (Å²) < 4.78 is 10.8. The Morgan fingerprint density at radius 2 is 1.85 bits per heavy atom. The Morgan fingerprint density at radius 1 is 1.20 bits per heavy atom. The molecule has 1 aromatic carbocycles. The van der Waals surface area contributed by atoms with Gasteiger partial charge in [0.05, 0.1) is 5.56 Å². The molecule has 20 heavy (non-hydrogen) atoms.